The monoisotopic (exact) mass is 649 g/mol. The number of hydrogen-bond donors (Lipinski definition) is 2. The van der Waals surface area contributed by atoms with Gasteiger partial charge in [-0.15, -0.1) is 0 Å². The van der Waals surface area contributed by atoms with Crippen molar-refractivity contribution >= 4 is 22.3 Å². The highest BCUT2D eigenvalue weighted by Gasteiger charge is 2.34. The molecule has 0 saturated carbocycles. The van der Waals surface area contributed by atoms with Gasteiger partial charge in [0.2, 0.25) is 0 Å². The van der Waals surface area contributed by atoms with Crippen molar-refractivity contribution in [1.29, 1.82) is 0 Å². The Labute approximate surface area is 260 Å². The quantitative estimate of drug-likeness (QED) is 0.116. The van der Waals surface area contributed by atoms with E-state index in [9.17, 15) is 31.1 Å². The van der Waals surface area contributed by atoms with Gasteiger partial charge in [0, 0.05) is 37.2 Å². The minimum Gasteiger partial charge on any atom is -0.491 e. The van der Waals surface area contributed by atoms with Crippen molar-refractivity contribution in [3.05, 3.63) is 130 Å². The second kappa shape index (κ2) is 15.0. The lowest BCUT2D eigenvalue weighted by atomic mass is 9.90. The molecular formula is C33H32ClF4NO4S. The van der Waals surface area contributed by atoms with Gasteiger partial charge in [0.05, 0.1) is 28.2 Å². The van der Waals surface area contributed by atoms with E-state index in [4.69, 9.17) is 16.3 Å². The van der Waals surface area contributed by atoms with Crippen LogP contribution in [0.3, 0.4) is 0 Å². The third-order valence-corrected chi connectivity index (χ3v) is 8.55. The second-order valence-corrected chi connectivity index (χ2v) is 11.8. The molecule has 4 aromatic carbocycles. The fourth-order valence-electron chi connectivity index (χ4n) is 5.07. The maximum Gasteiger partial charge on any atom is 0.417 e. The van der Waals surface area contributed by atoms with E-state index in [0.29, 0.717) is 25.1 Å². The molecule has 0 aliphatic rings. The Kier molecular flexibility index (Phi) is 11.4. The lowest BCUT2D eigenvalue weighted by Crippen LogP contribution is -2.32. The van der Waals surface area contributed by atoms with E-state index in [-0.39, 0.29) is 33.7 Å². The molecule has 0 aromatic heterocycles. The molecule has 1 N–H and O–H groups in total. The molecule has 0 heterocycles. The first kappa shape index (κ1) is 33.5. The van der Waals surface area contributed by atoms with Crippen molar-refractivity contribution in [2.75, 3.05) is 13.1 Å². The van der Waals surface area contributed by atoms with Crippen LogP contribution in [-0.4, -0.2) is 37.6 Å². The molecular weight excluding hydrogens is 618 g/mol. The number of alkyl halides is 3. The smallest absolute Gasteiger partial charge is 0.417 e. The molecule has 0 spiro atoms. The lowest BCUT2D eigenvalue weighted by Gasteiger charge is -2.30. The molecule has 0 aliphatic heterocycles. The van der Waals surface area contributed by atoms with Gasteiger partial charge in [0.25, 0.3) is 0 Å². The van der Waals surface area contributed by atoms with E-state index in [1.54, 1.807) is 13.0 Å². The van der Waals surface area contributed by atoms with Crippen LogP contribution in [0.25, 0.3) is 0 Å². The topological polar surface area (TPSA) is 66.8 Å². The van der Waals surface area contributed by atoms with E-state index < -0.39 is 41.0 Å². The minimum absolute atomic E-state index is 0.0136. The van der Waals surface area contributed by atoms with Gasteiger partial charge < -0.3 is 9.84 Å². The summed E-state index contributed by atoms with van der Waals surface area (Å²) >= 11 is 6.28. The zero-order valence-electron chi connectivity index (χ0n) is 23.8. The molecule has 0 aliphatic carbocycles. The highest BCUT2D eigenvalue weighted by molar-refractivity contribution is 7.72. The molecule has 0 amide bonds. The van der Waals surface area contributed by atoms with Gasteiger partial charge in [0.15, 0.2) is 10.7 Å². The van der Waals surface area contributed by atoms with Crippen LogP contribution in [0.5, 0.6) is 5.75 Å². The Bertz CT molecular complexity index is 1570. The summed E-state index contributed by atoms with van der Waals surface area (Å²) < 4.78 is 84.5. The third kappa shape index (κ3) is 8.59. The van der Waals surface area contributed by atoms with Crippen molar-refractivity contribution in [2.24, 2.45) is 0 Å². The van der Waals surface area contributed by atoms with Crippen LogP contribution in [0.1, 0.15) is 47.1 Å². The normalized spacial score (nSPS) is 12.7. The molecule has 234 valence electrons. The van der Waals surface area contributed by atoms with Crippen LogP contribution in [0.4, 0.5) is 17.6 Å². The molecule has 4 aromatic rings. The number of benzene rings is 4. The van der Waals surface area contributed by atoms with Gasteiger partial charge in [-0.2, -0.15) is 13.2 Å². The predicted octanol–water partition coefficient (Wildman–Crippen LogP) is 7.45. The standard InChI is InChI=1S/C33H32ClF4NO4S/c1-22(43-26-17-30(35)28(21-40)31(18-26)44(41)42)15-16-39(19-25-13-8-14-29(32(25)34)33(36,37)38)20-27(23-9-4-2-5-10-23)24-11-6-3-7-12-24/h2-14,17-18,22,27,40,44H,15-16,19-21H2,1H3/t22-/m0/s1. The maximum absolute atomic E-state index is 14.5. The van der Waals surface area contributed by atoms with E-state index in [0.717, 1.165) is 29.3 Å². The average Bonchev–Trinajstić information content (AvgIpc) is 2.99. The maximum atomic E-state index is 14.5. The lowest BCUT2D eigenvalue weighted by molar-refractivity contribution is -0.137. The number of hydrogen-bond acceptors (Lipinski definition) is 5. The van der Waals surface area contributed by atoms with Crippen molar-refractivity contribution in [1.82, 2.24) is 4.90 Å². The Balaban J connectivity index is 1.62. The molecule has 0 fully saturated rings. The fourth-order valence-corrected chi connectivity index (χ4v) is 5.99. The minimum atomic E-state index is -4.61. The molecule has 44 heavy (non-hydrogen) atoms. The molecule has 0 saturated heterocycles. The predicted molar refractivity (Wildman–Crippen MR) is 162 cm³/mol. The number of nitrogens with zero attached hydrogens (tertiary/aromatic N) is 1. The third-order valence-electron chi connectivity index (χ3n) is 7.31. The van der Waals surface area contributed by atoms with Gasteiger partial charge in [-0.3, -0.25) is 4.90 Å². The molecule has 0 radical (unpaired) electrons. The molecule has 11 heteroatoms. The molecule has 4 rings (SSSR count). The Morgan fingerprint density at radius 2 is 1.55 bits per heavy atom. The highest BCUT2D eigenvalue weighted by atomic mass is 35.5. The number of aliphatic hydroxyl groups excluding tert-OH is 1. The van der Waals surface area contributed by atoms with Crippen LogP contribution in [0.15, 0.2) is 95.9 Å². The van der Waals surface area contributed by atoms with E-state index in [1.165, 1.54) is 6.07 Å². The Hall–Kier alpha value is -3.44. The summed E-state index contributed by atoms with van der Waals surface area (Å²) in [4.78, 5) is 1.64. The zero-order chi connectivity index (χ0) is 31.9. The number of aliphatic hydroxyl groups is 1. The number of rotatable bonds is 13. The summed E-state index contributed by atoms with van der Waals surface area (Å²) in [6.45, 7) is 1.87. The van der Waals surface area contributed by atoms with E-state index >= 15 is 0 Å². The summed E-state index contributed by atoms with van der Waals surface area (Å²) in [7, 11) is -3.18. The number of halogens is 5. The molecule has 5 nitrogen and oxygen atoms in total. The van der Waals surface area contributed by atoms with Crippen molar-refractivity contribution in [3.63, 3.8) is 0 Å². The van der Waals surface area contributed by atoms with Gasteiger partial charge >= 0.3 is 6.18 Å². The van der Waals surface area contributed by atoms with Crippen LogP contribution in [0, 0.1) is 5.82 Å². The van der Waals surface area contributed by atoms with Crippen molar-refractivity contribution < 1.29 is 35.8 Å². The zero-order valence-corrected chi connectivity index (χ0v) is 25.5. The van der Waals surface area contributed by atoms with Crippen molar-refractivity contribution in [3.8, 4) is 5.75 Å². The van der Waals surface area contributed by atoms with E-state index in [1.807, 2.05) is 65.6 Å². The Morgan fingerprint density at radius 3 is 2.09 bits per heavy atom. The summed E-state index contributed by atoms with van der Waals surface area (Å²) in [5.41, 5.74) is 1.14. The summed E-state index contributed by atoms with van der Waals surface area (Å²) in [6, 6.07) is 25.6. The van der Waals surface area contributed by atoms with E-state index in [2.05, 4.69) is 0 Å². The van der Waals surface area contributed by atoms with Crippen LogP contribution in [0.2, 0.25) is 5.02 Å². The largest absolute Gasteiger partial charge is 0.491 e. The first-order valence-electron chi connectivity index (χ1n) is 13.9. The van der Waals surface area contributed by atoms with Gasteiger partial charge in [0.1, 0.15) is 11.6 Å². The Morgan fingerprint density at radius 1 is 0.932 bits per heavy atom. The van der Waals surface area contributed by atoms with Crippen LogP contribution in [-0.2, 0) is 30.0 Å². The summed E-state index contributed by atoms with van der Waals surface area (Å²) in [5, 5.41) is 9.02. The number of ether oxygens (including phenoxy) is 1. The molecule has 1 atom stereocenters. The second-order valence-electron chi connectivity index (χ2n) is 10.4. The first-order valence-corrected chi connectivity index (χ1v) is 15.4. The average molecular weight is 650 g/mol. The first-order chi connectivity index (χ1) is 21.0. The van der Waals surface area contributed by atoms with Crippen molar-refractivity contribution in [2.45, 2.75) is 49.6 Å². The highest BCUT2D eigenvalue weighted by Crippen LogP contribution is 2.37. The number of thiol groups is 1. The van der Waals surface area contributed by atoms with Gasteiger partial charge in [-0.1, -0.05) is 84.4 Å². The molecule has 0 unspecified atom stereocenters. The van der Waals surface area contributed by atoms with Crippen LogP contribution >= 0.6 is 11.6 Å². The SMILES string of the molecule is C[C@@H](CCN(Cc1cccc(C(F)(F)F)c1Cl)CC(c1ccccc1)c1ccccc1)Oc1cc(F)c(CO)c([SH](=O)=O)c1. The summed E-state index contributed by atoms with van der Waals surface area (Å²) in [5.74, 6) is -1.03. The summed E-state index contributed by atoms with van der Waals surface area (Å²) in [6.07, 6.45) is -4.77. The van der Waals surface area contributed by atoms with Gasteiger partial charge in [-0.25, -0.2) is 12.8 Å². The fraction of sp³-hybridized carbons (Fsp3) is 0.273. The molecule has 0 bridgehead atoms. The van der Waals surface area contributed by atoms with Gasteiger partial charge in [-0.05, 0) is 42.2 Å². The van der Waals surface area contributed by atoms with Crippen LogP contribution < -0.4 is 4.74 Å².